The Bertz CT molecular complexity index is 225. The smallest absolute Gasteiger partial charge is 0.240 e. The third kappa shape index (κ3) is 3.19. The predicted molar refractivity (Wildman–Crippen MR) is 64.2 cm³/mol. The summed E-state index contributed by atoms with van der Waals surface area (Å²) in [6, 6.07) is 0. The molecule has 1 amide bonds. The van der Waals surface area contributed by atoms with Crippen molar-refractivity contribution < 1.29 is 9.90 Å². The summed E-state index contributed by atoms with van der Waals surface area (Å²) >= 11 is 0. The molecular formula is C12H24N2O2. The van der Waals surface area contributed by atoms with Crippen LogP contribution < -0.4 is 10.6 Å². The Morgan fingerprint density at radius 3 is 2.81 bits per heavy atom. The zero-order valence-corrected chi connectivity index (χ0v) is 10.4. The van der Waals surface area contributed by atoms with Gasteiger partial charge in [0.2, 0.25) is 5.91 Å². The molecule has 0 aromatic rings. The lowest BCUT2D eigenvalue weighted by molar-refractivity contribution is -0.127. The molecule has 1 aliphatic heterocycles. The molecule has 0 aliphatic carbocycles. The molecule has 2 atom stereocenters. The normalized spacial score (nSPS) is 26.7. The van der Waals surface area contributed by atoms with Gasteiger partial charge < -0.3 is 15.7 Å². The number of carbonyl (C=O) groups excluding carboxylic acids is 1. The average Bonchev–Trinajstić information content (AvgIpc) is 2.75. The Labute approximate surface area is 97.8 Å². The Kier molecular flexibility index (Phi) is 5.22. The van der Waals surface area contributed by atoms with Gasteiger partial charge >= 0.3 is 0 Å². The van der Waals surface area contributed by atoms with Crippen LogP contribution >= 0.6 is 0 Å². The second-order valence-electron chi connectivity index (χ2n) is 4.63. The van der Waals surface area contributed by atoms with Crippen LogP contribution in [-0.4, -0.2) is 35.7 Å². The number of nitrogens with one attached hydrogen (secondary N) is 2. The van der Waals surface area contributed by atoms with Gasteiger partial charge in [-0.15, -0.1) is 0 Å². The SMILES string of the molecule is CCCC1(C(=O)NCC(O)CC)CCCN1. The summed E-state index contributed by atoms with van der Waals surface area (Å²) in [5.74, 6) is 0.0550. The van der Waals surface area contributed by atoms with Crippen molar-refractivity contribution in [3.8, 4) is 0 Å². The molecule has 4 heteroatoms. The van der Waals surface area contributed by atoms with E-state index in [0.29, 0.717) is 13.0 Å². The summed E-state index contributed by atoms with van der Waals surface area (Å²) < 4.78 is 0. The fourth-order valence-corrected chi connectivity index (χ4v) is 2.28. The van der Waals surface area contributed by atoms with E-state index >= 15 is 0 Å². The van der Waals surface area contributed by atoms with Crippen LogP contribution in [0.2, 0.25) is 0 Å². The van der Waals surface area contributed by atoms with Crippen LogP contribution in [0.4, 0.5) is 0 Å². The van der Waals surface area contributed by atoms with Crippen molar-refractivity contribution in [2.24, 2.45) is 0 Å². The first-order chi connectivity index (χ1) is 7.64. The van der Waals surface area contributed by atoms with E-state index in [1.165, 1.54) is 0 Å². The van der Waals surface area contributed by atoms with E-state index in [-0.39, 0.29) is 11.4 Å². The summed E-state index contributed by atoms with van der Waals surface area (Å²) in [6.07, 6.45) is 4.09. The number of aliphatic hydroxyl groups is 1. The van der Waals surface area contributed by atoms with Crippen LogP contribution in [0.5, 0.6) is 0 Å². The highest BCUT2D eigenvalue weighted by atomic mass is 16.3. The van der Waals surface area contributed by atoms with Crippen molar-refractivity contribution in [3.05, 3.63) is 0 Å². The molecule has 2 unspecified atom stereocenters. The Morgan fingerprint density at radius 2 is 2.31 bits per heavy atom. The van der Waals surface area contributed by atoms with Gasteiger partial charge in [-0.3, -0.25) is 4.79 Å². The molecule has 1 fully saturated rings. The van der Waals surface area contributed by atoms with Crippen LogP contribution in [-0.2, 0) is 4.79 Å². The van der Waals surface area contributed by atoms with Crippen LogP contribution in [0.25, 0.3) is 0 Å². The van der Waals surface area contributed by atoms with Gasteiger partial charge in [-0.2, -0.15) is 0 Å². The fraction of sp³-hybridized carbons (Fsp3) is 0.917. The quantitative estimate of drug-likeness (QED) is 0.630. The minimum absolute atomic E-state index is 0.0550. The molecule has 1 saturated heterocycles. The number of amides is 1. The molecule has 1 rings (SSSR count). The Hall–Kier alpha value is -0.610. The lowest BCUT2D eigenvalue weighted by atomic mass is 9.91. The van der Waals surface area contributed by atoms with Crippen molar-refractivity contribution >= 4 is 5.91 Å². The van der Waals surface area contributed by atoms with E-state index in [4.69, 9.17) is 0 Å². The maximum atomic E-state index is 12.1. The summed E-state index contributed by atoms with van der Waals surface area (Å²) in [5.41, 5.74) is -0.373. The lowest BCUT2D eigenvalue weighted by Gasteiger charge is -2.28. The second kappa shape index (κ2) is 6.21. The lowest BCUT2D eigenvalue weighted by Crippen LogP contribution is -2.54. The minimum atomic E-state index is -0.427. The zero-order chi connectivity index (χ0) is 12.0. The molecule has 16 heavy (non-hydrogen) atoms. The molecular weight excluding hydrogens is 204 g/mol. The molecule has 0 radical (unpaired) electrons. The fourth-order valence-electron chi connectivity index (χ4n) is 2.28. The van der Waals surface area contributed by atoms with Gasteiger partial charge in [0.1, 0.15) is 0 Å². The van der Waals surface area contributed by atoms with E-state index in [1.807, 2.05) is 6.92 Å². The van der Waals surface area contributed by atoms with Crippen molar-refractivity contribution in [2.75, 3.05) is 13.1 Å². The van der Waals surface area contributed by atoms with Crippen LogP contribution in [0.1, 0.15) is 46.0 Å². The summed E-state index contributed by atoms with van der Waals surface area (Å²) in [7, 11) is 0. The number of aliphatic hydroxyl groups excluding tert-OH is 1. The first-order valence-electron chi connectivity index (χ1n) is 6.36. The first kappa shape index (κ1) is 13.5. The monoisotopic (exact) mass is 228 g/mol. The molecule has 0 bridgehead atoms. The van der Waals surface area contributed by atoms with E-state index in [2.05, 4.69) is 17.6 Å². The Morgan fingerprint density at radius 1 is 1.56 bits per heavy atom. The van der Waals surface area contributed by atoms with Gasteiger partial charge in [-0.05, 0) is 32.2 Å². The summed E-state index contributed by atoms with van der Waals surface area (Å²) in [5, 5.41) is 15.6. The van der Waals surface area contributed by atoms with Gasteiger partial charge in [-0.25, -0.2) is 0 Å². The predicted octanol–water partition coefficient (Wildman–Crippen LogP) is 0.796. The van der Waals surface area contributed by atoms with Crippen molar-refractivity contribution in [1.82, 2.24) is 10.6 Å². The number of carbonyl (C=O) groups is 1. The number of hydrogen-bond donors (Lipinski definition) is 3. The van der Waals surface area contributed by atoms with E-state index in [1.54, 1.807) is 0 Å². The molecule has 0 saturated carbocycles. The minimum Gasteiger partial charge on any atom is -0.391 e. The topological polar surface area (TPSA) is 61.4 Å². The van der Waals surface area contributed by atoms with Crippen molar-refractivity contribution in [1.29, 1.82) is 0 Å². The summed E-state index contributed by atoms with van der Waals surface area (Å²) in [6.45, 7) is 5.29. The molecule has 4 nitrogen and oxygen atoms in total. The van der Waals surface area contributed by atoms with Crippen LogP contribution in [0.15, 0.2) is 0 Å². The standard InChI is InChI=1S/C12H24N2O2/c1-3-6-12(7-5-8-14-12)11(16)13-9-10(15)4-2/h10,14-15H,3-9H2,1-2H3,(H,13,16). The summed E-state index contributed by atoms with van der Waals surface area (Å²) in [4.78, 5) is 12.1. The van der Waals surface area contributed by atoms with Crippen molar-refractivity contribution in [2.45, 2.75) is 57.6 Å². The van der Waals surface area contributed by atoms with Crippen molar-refractivity contribution in [3.63, 3.8) is 0 Å². The average molecular weight is 228 g/mol. The Balaban J connectivity index is 2.48. The molecule has 0 aromatic heterocycles. The van der Waals surface area contributed by atoms with Crippen LogP contribution in [0, 0.1) is 0 Å². The molecule has 94 valence electrons. The van der Waals surface area contributed by atoms with E-state index in [0.717, 1.165) is 32.2 Å². The highest BCUT2D eigenvalue weighted by Gasteiger charge is 2.39. The number of hydrogen-bond acceptors (Lipinski definition) is 3. The molecule has 1 aliphatic rings. The van der Waals surface area contributed by atoms with Gasteiger partial charge in [-0.1, -0.05) is 20.3 Å². The first-order valence-corrected chi connectivity index (χ1v) is 6.36. The largest absolute Gasteiger partial charge is 0.391 e. The number of rotatable bonds is 6. The zero-order valence-electron chi connectivity index (χ0n) is 10.4. The maximum absolute atomic E-state index is 12.1. The van der Waals surface area contributed by atoms with Gasteiger partial charge in [0.15, 0.2) is 0 Å². The van der Waals surface area contributed by atoms with Gasteiger partial charge in [0.25, 0.3) is 0 Å². The van der Waals surface area contributed by atoms with Gasteiger partial charge in [0, 0.05) is 6.54 Å². The van der Waals surface area contributed by atoms with E-state index in [9.17, 15) is 9.90 Å². The highest BCUT2D eigenvalue weighted by molar-refractivity contribution is 5.86. The molecule has 1 heterocycles. The molecule has 3 N–H and O–H groups in total. The second-order valence-corrected chi connectivity index (χ2v) is 4.63. The third-order valence-electron chi connectivity index (χ3n) is 3.32. The van der Waals surface area contributed by atoms with E-state index < -0.39 is 6.10 Å². The third-order valence-corrected chi connectivity index (χ3v) is 3.32. The van der Waals surface area contributed by atoms with Gasteiger partial charge in [0.05, 0.1) is 11.6 Å². The highest BCUT2D eigenvalue weighted by Crippen LogP contribution is 2.24. The molecule has 0 aromatic carbocycles. The van der Waals surface area contributed by atoms with Crippen LogP contribution in [0.3, 0.4) is 0 Å². The maximum Gasteiger partial charge on any atom is 0.240 e. The molecule has 0 spiro atoms.